The third-order valence-electron chi connectivity index (χ3n) is 2.74. The van der Waals surface area contributed by atoms with Crippen molar-refractivity contribution in [2.75, 3.05) is 47.4 Å². The molecule has 2 nitrogen and oxygen atoms in total. The lowest BCUT2D eigenvalue weighted by molar-refractivity contribution is -1.08. The van der Waals surface area contributed by atoms with Gasteiger partial charge in [0.1, 0.15) is 0 Å². The van der Waals surface area contributed by atoms with E-state index in [1.54, 1.807) is 0 Å². The quantitative estimate of drug-likeness (QED) is 0.278. The fourth-order valence-electron chi connectivity index (χ4n) is 1.87. The van der Waals surface area contributed by atoms with E-state index in [1.807, 2.05) is 0 Å². The predicted molar refractivity (Wildman–Crippen MR) is 79.5 cm³/mol. The molecule has 0 radical (unpaired) electrons. The summed E-state index contributed by atoms with van der Waals surface area (Å²) in [5, 5.41) is 0. The molecule has 0 unspecified atom stereocenters. The van der Waals surface area contributed by atoms with Crippen LogP contribution in [0.25, 0.3) is 0 Å². The van der Waals surface area contributed by atoms with E-state index < -0.39 is 0 Å². The van der Waals surface area contributed by atoms with Crippen LogP contribution in [0, 0.1) is 0 Å². The third-order valence-corrected chi connectivity index (χ3v) is 2.74. The second-order valence-electron chi connectivity index (χ2n) is 4.72. The molecule has 0 bridgehead atoms. The first kappa shape index (κ1) is 36.3. The molecule has 0 aromatic rings. The van der Waals surface area contributed by atoms with Crippen molar-refractivity contribution in [2.45, 2.75) is 35.6 Å². The first-order chi connectivity index (χ1) is 6.39. The van der Waals surface area contributed by atoms with Gasteiger partial charge in [-0.25, -0.2) is 0 Å². The Morgan fingerprint density at radius 2 is 0.944 bits per heavy atom. The maximum atomic E-state index is 3.00. The Bertz CT molecular complexity index is 133. The molecule has 0 saturated heterocycles. The van der Waals surface area contributed by atoms with Crippen LogP contribution in [0.4, 0.5) is 0 Å². The zero-order valence-electron chi connectivity index (χ0n) is 11.9. The number of halogens is 2. The molecule has 18 heavy (non-hydrogen) atoms. The van der Waals surface area contributed by atoms with Crippen LogP contribution in [-0.2, 0) is 0 Å². The molecule has 0 rings (SSSR count). The Labute approximate surface area is 139 Å². The van der Waals surface area contributed by atoms with E-state index in [9.17, 15) is 0 Å². The fraction of sp³-hybridized carbons (Fsp3) is 0.857. The van der Waals surface area contributed by atoms with Crippen molar-refractivity contribution in [1.82, 2.24) is 0 Å². The Balaban J connectivity index is -0.0000000569. The molecule has 0 spiro atoms. The fourth-order valence-corrected chi connectivity index (χ4v) is 1.87. The molecule has 0 aliphatic rings. The van der Waals surface area contributed by atoms with E-state index >= 15 is 0 Å². The van der Waals surface area contributed by atoms with Crippen LogP contribution in [-0.4, -0.2) is 56.4 Å². The highest BCUT2D eigenvalue weighted by atomic mass is 79.9. The Morgan fingerprint density at radius 1 is 0.722 bits per heavy atom. The summed E-state index contributed by atoms with van der Waals surface area (Å²) in [5.41, 5.74) is 0. The second-order valence-corrected chi connectivity index (χ2v) is 4.72. The maximum absolute atomic E-state index is 3.00. The van der Waals surface area contributed by atoms with Crippen LogP contribution in [0.3, 0.4) is 0 Å². The van der Waals surface area contributed by atoms with Gasteiger partial charge < -0.3 is 34.0 Å². The first-order valence-electron chi connectivity index (χ1n) is 5.54. The van der Waals surface area contributed by atoms with Gasteiger partial charge in [-0.1, -0.05) is 14.9 Å². The number of hydrogen-bond acceptors (Lipinski definition) is 0. The van der Waals surface area contributed by atoms with Crippen LogP contribution in [0.1, 0.15) is 35.6 Å². The molecule has 0 aromatic heterocycles. The largest absolute Gasteiger partial charge is 1.00 e. The van der Waals surface area contributed by atoms with Gasteiger partial charge in [-0.2, -0.15) is 0 Å². The molecule has 0 aromatic carbocycles. The molecular formula is C14H38Br2N2. The minimum Gasteiger partial charge on any atom is -1.00 e. The standard InChI is InChI=1S/C10H26N2.C2H4.2CH4.2BrH/c1-7-12(8-2,9-3)10-11(4,5)6;1-2;;;;/h7-10H2,1-6H3;1-2H2;2*1H4;2*1H/q+2;;;;;/p-2. The van der Waals surface area contributed by atoms with E-state index in [0.29, 0.717) is 0 Å². The summed E-state index contributed by atoms with van der Waals surface area (Å²) in [7, 11) is 6.82. The Morgan fingerprint density at radius 3 is 1.00 bits per heavy atom. The second kappa shape index (κ2) is 17.6. The van der Waals surface area contributed by atoms with Crippen LogP contribution in [0.2, 0.25) is 0 Å². The first-order valence-corrected chi connectivity index (χ1v) is 5.54. The van der Waals surface area contributed by atoms with Crippen LogP contribution in [0.15, 0.2) is 13.2 Å². The van der Waals surface area contributed by atoms with Gasteiger partial charge in [0.05, 0.1) is 40.8 Å². The molecule has 0 heterocycles. The zero-order valence-corrected chi connectivity index (χ0v) is 15.1. The van der Waals surface area contributed by atoms with Gasteiger partial charge in [0, 0.05) is 0 Å². The number of hydrogen-bond donors (Lipinski definition) is 0. The normalized spacial score (nSPS) is 9.22. The molecule has 118 valence electrons. The molecule has 0 saturated carbocycles. The summed E-state index contributed by atoms with van der Waals surface area (Å²) in [5.74, 6) is 0. The highest BCUT2D eigenvalue weighted by Crippen LogP contribution is 2.09. The summed E-state index contributed by atoms with van der Waals surface area (Å²) in [6.45, 7) is 17.9. The molecule has 0 fully saturated rings. The molecule has 0 atom stereocenters. The topological polar surface area (TPSA) is 0 Å². The van der Waals surface area contributed by atoms with Crippen LogP contribution < -0.4 is 34.0 Å². The van der Waals surface area contributed by atoms with Gasteiger partial charge in [-0.15, -0.1) is 13.2 Å². The molecule has 0 aliphatic carbocycles. The maximum Gasteiger partial charge on any atom is 0.206 e. The molecule has 0 N–H and O–H groups in total. The average Bonchev–Trinajstić information content (AvgIpc) is 2.16. The van der Waals surface area contributed by atoms with Crippen LogP contribution in [0.5, 0.6) is 0 Å². The van der Waals surface area contributed by atoms with Crippen molar-refractivity contribution in [3.05, 3.63) is 13.2 Å². The molecule has 0 aliphatic heterocycles. The van der Waals surface area contributed by atoms with Gasteiger partial charge in [-0.3, -0.25) is 8.97 Å². The molecule has 0 amide bonds. The SMILES string of the molecule is C.C.C=C.CC[N+](CC)(CC)C[N+](C)(C)C.[Br-].[Br-]. The zero-order chi connectivity index (χ0) is 11.8. The monoisotopic (exact) mass is 392 g/mol. The average molecular weight is 394 g/mol. The lowest BCUT2D eigenvalue weighted by Crippen LogP contribution is -3.00. The van der Waals surface area contributed by atoms with E-state index in [0.717, 1.165) is 4.48 Å². The Kier molecular flexibility index (Phi) is 35.5. The van der Waals surface area contributed by atoms with Gasteiger partial charge in [0.15, 0.2) is 0 Å². The van der Waals surface area contributed by atoms with Gasteiger partial charge in [-0.05, 0) is 20.8 Å². The van der Waals surface area contributed by atoms with E-state index in [-0.39, 0.29) is 48.8 Å². The smallest absolute Gasteiger partial charge is 0.206 e. The third kappa shape index (κ3) is 16.6. The summed E-state index contributed by atoms with van der Waals surface area (Å²) in [4.78, 5) is 0. The summed E-state index contributed by atoms with van der Waals surface area (Å²) < 4.78 is 2.30. The van der Waals surface area contributed by atoms with Gasteiger partial charge in [0.25, 0.3) is 0 Å². The lowest BCUT2D eigenvalue weighted by Gasteiger charge is -2.40. The summed E-state index contributed by atoms with van der Waals surface area (Å²) in [6, 6.07) is 0. The Hall–Kier alpha value is 0.620. The predicted octanol–water partition coefficient (Wildman–Crippen LogP) is -2.39. The van der Waals surface area contributed by atoms with E-state index in [2.05, 4.69) is 55.1 Å². The highest BCUT2D eigenvalue weighted by Gasteiger charge is 2.27. The number of rotatable bonds is 5. The van der Waals surface area contributed by atoms with E-state index in [1.165, 1.54) is 30.8 Å². The van der Waals surface area contributed by atoms with Crippen molar-refractivity contribution in [2.24, 2.45) is 0 Å². The van der Waals surface area contributed by atoms with Crippen molar-refractivity contribution >= 4 is 0 Å². The van der Waals surface area contributed by atoms with Crippen molar-refractivity contribution in [1.29, 1.82) is 0 Å². The van der Waals surface area contributed by atoms with Crippen molar-refractivity contribution in [3.8, 4) is 0 Å². The number of nitrogens with zero attached hydrogens (tertiary/aromatic N) is 2. The van der Waals surface area contributed by atoms with Gasteiger partial charge in [0.2, 0.25) is 6.67 Å². The number of quaternary nitrogens is 2. The van der Waals surface area contributed by atoms with E-state index in [4.69, 9.17) is 0 Å². The van der Waals surface area contributed by atoms with Crippen molar-refractivity contribution in [3.63, 3.8) is 0 Å². The lowest BCUT2D eigenvalue weighted by atomic mass is 10.3. The summed E-state index contributed by atoms with van der Waals surface area (Å²) >= 11 is 0. The minimum absolute atomic E-state index is 0. The van der Waals surface area contributed by atoms with Crippen molar-refractivity contribution < 1.29 is 42.9 Å². The van der Waals surface area contributed by atoms with Crippen LogP contribution >= 0.6 is 0 Å². The molecule has 4 heteroatoms. The minimum atomic E-state index is 0. The molecular weight excluding hydrogens is 356 g/mol. The summed E-state index contributed by atoms with van der Waals surface area (Å²) in [6.07, 6.45) is 0. The highest BCUT2D eigenvalue weighted by molar-refractivity contribution is 4.30. The van der Waals surface area contributed by atoms with Gasteiger partial charge >= 0.3 is 0 Å².